The van der Waals surface area contributed by atoms with Crippen LogP contribution in [0.1, 0.15) is 0 Å². The molecule has 2 heterocycles. The fourth-order valence-electron chi connectivity index (χ4n) is 4.23. The molecule has 4 N–H and O–H groups in total. The van der Waals surface area contributed by atoms with Crippen molar-refractivity contribution in [2.75, 3.05) is 57.2 Å². The molecule has 0 aliphatic carbocycles. The molecule has 1 saturated heterocycles. The quantitative estimate of drug-likeness (QED) is 0.471. The second kappa shape index (κ2) is 9.87. The number of methoxy groups -OCH3 is 2. The fraction of sp³-hybridized carbons (Fsp3) is 0.348. The lowest BCUT2D eigenvalue weighted by Gasteiger charge is -2.36. The molecule has 0 saturated carbocycles. The molecule has 1 aromatic heterocycles. The van der Waals surface area contributed by atoms with Crippen molar-refractivity contribution in [3.8, 4) is 11.5 Å². The van der Waals surface area contributed by atoms with Crippen LogP contribution in [0.3, 0.4) is 0 Å². The predicted octanol–water partition coefficient (Wildman–Crippen LogP) is 1.02. The van der Waals surface area contributed by atoms with E-state index in [0.717, 1.165) is 37.6 Å². The monoisotopic (exact) mass is 468 g/mol. The van der Waals surface area contributed by atoms with Gasteiger partial charge in [-0.2, -0.15) is 0 Å². The Hall–Kier alpha value is -3.99. The van der Waals surface area contributed by atoms with E-state index < -0.39 is 17.3 Å². The van der Waals surface area contributed by atoms with Gasteiger partial charge in [0.05, 0.1) is 36.5 Å². The van der Waals surface area contributed by atoms with Crippen molar-refractivity contribution in [2.45, 2.75) is 6.54 Å². The van der Waals surface area contributed by atoms with Crippen molar-refractivity contribution in [3.63, 3.8) is 0 Å². The molecular weight excluding hydrogens is 440 g/mol. The highest BCUT2D eigenvalue weighted by Crippen LogP contribution is 2.29. The van der Waals surface area contributed by atoms with Gasteiger partial charge in [0.25, 0.3) is 5.56 Å². The van der Waals surface area contributed by atoms with E-state index in [1.807, 2.05) is 24.3 Å². The summed E-state index contributed by atoms with van der Waals surface area (Å²) < 4.78 is 11.9. The molecular formula is C23H28N6O5. The number of rotatable bonds is 7. The molecule has 0 radical (unpaired) electrons. The number of carbonyl (C=O) groups is 1. The Morgan fingerprint density at radius 1 is 1.03 bits per heavy atom. The minimum absolute atomic E-state index is 0.252. The van der Waals surface area contributed by atoms with E-state index in [1.54, 1.807) is 7.11 Å². The molecule has 0 unspecified atom stereocenters. The van der Waals surface area contributed by atoms with E-state index in [0.29, 0.717) is 12.1 Å². The lowest BCUT2D eigenvalue weighted by Crippen LogP contribution is -2.48. The normalized spacial score (nSPS) is 14.2. The Bertz CT molecular complexity index is 1310. The second-order valence-electron chi connectivity index (χ2n) is 7.97. The molecule has 0 atom stereocenters. The predicted molar refractivity (Wildman–Crippen MR) is 130 cm³/mol. The summed E-state index contributed by atoms with van der Waals surface area (Å²) in [7, 11) is 3.08. The average Bonchev–Trinajstić information content (AvgIpc) is 2.83. The van der Waals surface area contributed by atoms with Gasteiger partial charge in [-0.25, -0.2) is 9.59 Å². The number of aromatic nitrogens is 2. The molecule has 180 valence electrons. The Morgan fingerprint density at radius 3 is 2.41 bits per heavy atom. The molecule has 11 heteroatoms. The van der Waals surface area contributed by atoms with Crippen LogP contribution in [0.15, 0.2) is 46.0 Å². The number of para-hydroxylation sites is 2. The van der Waals surface area contributed by atoms with E-state index in [4.69, 9.17) is 15.2 Å². The molecule has 0 bridgehead atoms. The highest BCUT2D eigenvalue weighted by molar-refractivity contribution is 5.94. The van der Waals surface area contributed by atoms with E-state index in [1.165, 1.54) is 23.8 Å². The number of aromatic amines is 1. The van der Waals surface area contributed by atoms with Crippen LogP contribution in [0.25, 0.3) is 10.9 Å². The first-order valence-corrected chi connectivity index (χ1v) is 10.9. The largest absolute Gasteiger partial charge is 0.495 e. The summed E-state index contributed by atoms with van der Waals surface area (Å²) in [6.45, 7) is 4.05. The molecule has 3 aromatic rings. The van der Waals surface area contributed by atoms with E-state index >= 15 is 0 Å². The first-order valence-electron chi connectivity index (χ1n) is 10.9. The maximum atomic E-state index is 13.1. The first-order chi connectivity index (χ1) is 16.4. The molecule has 4 rings (SSSR count). The summed E-state index contributed by atoms with van der Waals surface area (Å²) in [6, 6.07) is 10.1. The Morgan fingerprint density at radius 2 is 1.74 bits per heavy atom. The van der Waals surface area contributed by atoms with E-state index in [9.17, 15) is 14.4 Å². The summed E-state index contributed by atoms with van der Waals surface area (Å²) in [5, 5.41) is 2.71. The summed E-state index contributed by atoms with van der Waals surface area (Å²) in [5.41, 5.74) is 5.87. The van der Waals surface area contributed by atoms with Crippen LogP contribution >= 0.6 is 0 Å². The van der Waals surface area contributed by atoms with Gasteiger partial charge in [-0.15, -0.1) is 0 Å². The Labute approximate surface area is 195 Å². The van der Waals surface area contributed by atoms with Crippen molar-refractivity contribution < 1.29 is 14.3 Å². The molecule has 1 fully saturated rings. The number of ether oxygens (including phenoxy) is 2. The second-order valence-corrected chi connectivity index (χ2v) is 7.97. The minimum atomic E-state index is -0.779. The number of nitrogens with zero attached hydrogens (tertiary/aromatic N) is 3. The van der Waals surface area contributed by atoms with Crippen molar-refractivity contribution in [1.82, 2.24) is 14.5 Å². The number of carbonyl (C=O) groups excluding carboxylic acids is 1. The van der Waals surface area contributed by atoms with Crippen molar-refractivity contribution in [1.29, 1.82) is 0 Å². The van der Waals surface area contributed by atoms with Gasteiger partial charge in [-0.05, 0) is 24.3 Å². The zero-order valence-corrected chi connectivity index (χ0v) is 19.2. The van der Waals surface area contributed by atoms with E-state index in [2.05, 4.69) is 20.1 Å². The maximum absolute atomic E-state index is 13.1. The summed E-state index contributed by atoms with van der Waals surface area (Å²) in [6.07, 6.45) is 0. The van der Waals surface area contributed by atoms with Gasteiger partial charge < -0.3 is 30.4 Å². The van der Waals surface area contributed by atoms with Crippen LogP contribution in [0.5, 0.6) is 11.5 Å². The lowest BCUT2D eigenvalue weighted by molar-refractivity contribution is 0.245. The third-order valence-corrected chi connectivity index (χ3v) is 6.00. The maximum Gasteiger partial charge on any atom is 0.328 e. The van der Waals surface area contributed by atoms with Gasteiger partial charge in [-0.1, -0.05) is 12.1 Å². The third-order valence-electron chi connectivity index (χ3n) is 6.00. The summed E-state index contributed by atoms with van der Waals surface area (Å²) in [4.78, 5) is 44.2. The standard InChI is InChI=1S/C23H28N6O5/c1-33-19-6-4-3-5-18(19)28-10-7-27(8-11-28)9-12-29-21(30)15-13-20(34-2)17(25-22(24)31)14-16(15)26-23(29)32/h3-6,13-14H,7-12H2,1-2H3,(H,26,32)(H3,24,25,31). The molecule has 11 nitrogen and oxygen atoms in total. The molecule has 2 amide bonds. The average molecular weight is 469 g/mol. The Kier molecular flexibility index (Phi) is 6.73. The number of hydrogen-bond acceptors (Lipinski definition) is 7. The number of nitrogens with two attached hydrogens (primary N) is 1. The Balaban J connectivity index is 1.48. The number of urea groups is 1. The van der Waals surface area contributed by atoms with Gasteiger partial charge in [0.2, 0.25) is 0 Å². The molecule has 2 aromatic carbocycles. The minimum Gasteiger partial charge on any atom is -0.495 e. The topological polar surface area (TPSA) is 135 Å². The van der Waals surface area contributed by atoms with E-state index in [-0.39, 0.29) is 23.4 Å². The zero-order valence-electron chi connectivity index (χ0n) is 19.2. The highest BCUT2D eigenvalue weighted by Gasteiger charge is 2.20. The van der Waals surface area contributed by atoms with Crippen LogP contribution in [0, 0.1) is 0 Å². The van der Waals surface area contributed by atoms with Crippen LogP contribution < -0.4 is 36.7 Å². The van der Waals surface area contributed by atoms with Crippen molar-refractivity contribution in [3.05, 3.63) is 57.2 Å². The number of H-pyrrole nitrogens is 1. The number of amides is 2. The van der Waals surface area contributed by atoms with Gasteiger partial charge in [0.15, 0.2) is 0 Å². The number of hydrogen-bond donors (Lipinski definition) is 3. The van der Waals surface area contributed by atoms with Gasteiger partial charge in [-0.3, -0.25) is 14.3 Å². The number of anilines is 2. The van der Waals surface area contributed by atoms with Gasteiger partial charge in [0.1, 0.15) is 11.5 Å². The van der Waals surface area contributed by atoms with Crippen molar-refractivity contribution >= 4 is 28.3 Å². The highest BCUT2D eigenvalue weighted by atomic mass is 16.5. The first kappa shape index (κ1) is 23.2. The fourth-order valence-corrected chi connectivity index (χ4v) is 4.23. The number of fused-ring (bicyclic) bond motifs is 1. The number of benzene rings is 2. The third kappa shape index (κ3) is 4.69. The number of nitrogens with one attached hydrogen (secondary N) is 2. The molecule has 0 spiro atoms. The van der Waals surface area contributed by atoms with Crippen LogP contribution in [0.4, 0.5) is 16.2 Å². The lowest BCUT2D eigenvalue weighted by atomic mass is 10.2. The zero-order chi connectivity index (χ0) is 24.2. The number of piperazine rings is 1. The summed E-state index contributed by atoms with van der Waals surface area (Å²) in [5.74, 6) is 1.12. The van der Waals surface area contributed by atoms with Gasteiger partial charge in [0, 0.05) is 39.3 Å². The molecule has 1 aliphatic heterocycles. The van der Waals surface area contributed by atoms with Gasteiger partial charge >= 0.3 is 11.7 Å². The smallest absolute Gasteiger partial charge is 0.328 e. The van der Waals surface area contributed by atoms with Crippen LogP contribution in [-0.2, 0) is 6.54 Å². The SMILES string of the molecule is COc1cc2c(=O)n(CCN3CCN(c4ccccc4OC)CC3)c(=O)[nH]c2cc1NC(N)=O. The molecule has 34 heavy (non-hydrogen) atoms. The summed E-state index contributed by atoms with van der Waals surface area (Å²) >= 11 is 0. The molecule has 1 aliphatic rings. The van der Waals surface area contributed by atoms with Crippen LogP contribution in [0.2, 0.25) is 0 Å². The van der Waals surface area contributed by atoms with Crippen molar-refractivity contribution in [2.24, 2.45) is 5.73 Å². The number of primary amides is 1. The van der Waals surface area contributed by atoms with Crippen LogP contribution in [-0.4, -0.2) is 67.4 Å².